The van der Waals surface area contributed by atoms with Crippen LogP contribution in [-0.4, -0.2) is 42.0 Å². The molecule has 0 amide bonds. The van der Waals surface area contributed by atoms with Crippen molar-refractivity contribution >= 4 is 16.0 Å². The van der Waals surface area contributed by atoms with E-state index in [9.17, 15) is 13.2 Å². The quantitative estimate of drug-likeness (QED) is 0.900. The fourth-order valence-electron chi connectivity index (χ4n) is 2.41. The van der Waals surface area contributed by atoms with Crippen LogP contribution in [0.2, 0.25) is 0 Å². The number of aromatic nitrogens is 1. The largest absolute Gasteiger partial charge is 0.481 e. The summed E-state index contributed by atoms with van der Waals surface area (Å²) in [5, 5.41) is 12.9. The Bertz CT molecular complexity index is 644. The highest BCUT2D eigenvalue weighted by Gasteiger charge is 2.33. The molecule has 0 radical (unpaired) electrons. The molecule has 1 N–H and O–H groups in total. The van der Waals surface area contributed by atoms with E-state index in [1.165, 1.54) is 4.31 Å². The van der Waals surface area contributed by atoms with E-state index in [1.54, 1.807) is 6.07 Å². The Morgan fingerprint density at radius 1 is 1.50 bits per heavy atom. The van der Waals surface area contributed by atoms with E-state index in [-0.39, 0.29) is 17.7 Å². The van der Waals surface area contributed by atoms with Gasteiger partial charge >= 0.3 is 5.97 Å². The maximum atomic E-state index is 12.4. The molecule has 2 heterocycles. The number of carboxylic acids is 1. The van der Waals surface area contributed by atoms with Crippen LogP contribution in [0.4, 0.5) is 0 Å². The van der Waals surface area contributed by atoms with E-state index in [0.717, 1.165) is 0 Å². The van der Waals surface area contributed by atoms with Crippen molar-refractivity contribution in [2.24, 2.45) is 5.92 Å². The third-order valence-corrected chi connectivity index (χ3v) is 5.53. The summed E-state index contributed by atoms with van der Waals surface area (Å²) in [6.45, 7) is 6.24. The maximum absolute atomic E-state index is 12.4. The highest BCUT2D eigenvalue weighted by Crippen LogP contribution is 2.25. The predicted molar refractivity (Wildman–Crippen MR) is 79.8 cm³/mol. The second kappa shape index (κ2) is 6.00. The Hall–Kier alpha value is -1.41. The lowest BCUT2D eigenvalue weighted by molar-refractivity contribution is -0.142. The molecule has 1 aliphatic rings. The van der Waals surface area contributed by atoms with E-state index < -0.39 is 21.9 Å². The summed E-state index contributed by atoms with van der Waals surface area (Å²) in [6, 6.07) is 1.65. The predicted octanol–water partition coefficient (Wildman–Crippen LogP) is 1.60. The first kappa shape index (κ1) is 17.0. The third kappa shape index (κ3) is 3.86. The molecule has 0 aliphatic carbocycles. The van der Waals surface area contributed by atoms with Gasteiger partial charge < -0.3 is 9.63 Å². The number of carboxylic acid groups (broad SMARTS) is 1. The van der Waals surface area contributed by atoms with Gasteiger partial charge in [-0.15, -0.1) is 0 Å². The molecule has 1 aromatic rings. The van der Waals surface area contributed by atoms with Crippen LogP contribution in [0.1, 0.15) is 45.1 Å². The summed E-state index contributed by atoms with van der Waals surface area (Å²) in [5.41, 5.74) is 0.108. The molecule has 1 unspecified atom stereocenters. The Morgan fingerprint density at radius 3 is 2.73 bits per heavy atom. The summed E-state index contributed by atoms with van der Waals surface area (Å²) < 4.78 is 31.3. The van der Waals surface area contributed by atoms with E-state index in [0.29, 0.717) is 30.8 Å². The van der Waals surface area contributed by atoms with Crippen molar-refractivity contribution in [1.82, 2.24) is 9.46 Å². The van der Waals surface area contributed by atoms with Crippen molar-refractivity contribution in [2.75, 3.05) is 13.1 Å². The normalized spacial score (nSPS) is 21.0. The molecule has 1 saturated heterocycles. The van der Waals surface area contributed by atoms with E-state index >= 15 is 0 Å². The fraction of sp³-hybridized carbons (Fsp3) is 0.714. The van der Waals surface area contributed by atoms with Crippen molar-refractivity contribution in [3.8, 4) is 0 Å². The first-order valence-corrected chi connectivity index (χ1v) is 8.87. The zero-order valence-corrected chi connectivity index (χ0v) is 13.9. The maximum Gasteiger partial charge on any atom is 0.307 e. The van der Waals surface area contributed by atoms with Gasteiger partial charge in [-0.2, -0.15) is 0 Å². The number of aliphatic carboxylic acids is 1. The lowest BCUT2D eigenvalue weighted by Crippen LogP contribution is -2.42. The second-order valence-corrected chi connectivity index (χ2v) is 8.69. The average molecular weight is 330 g/mol. The lowest BCUT2D eigenvalue weighted by Gasteiger charge is -2.29. The summed E-state index contributed by atoms with van der Waals surface area (Å²) >= 11 is 0. The average Bonchev–Trinajstić information content (AvgIpc) is 2.86. The summed E-state index contributed by atoms with van der Waals surface area (Å²) in [6.07, 6.45) is 1.07. The van der Waals surface area contributed by atoms with Crippen molar-refractivity contribution < 1.29 is 22.8 Å². The van der Waals surface area contributed by atoms with Crippen LogP contribution in [-0.2, 0) is 26.0 Å². The molecular weight excluding hydrogens is 308 g/mol. The number of hydrogen-bond donors (Lipinski definition) is 1. The number of carbonyl (C=O) groups is 1. The Labute approximate surface area is 130 Å². The Morgan fingerprint density at radius 2 is 2.18 bits per heavy atom. The minimum absolute atomic E-state index is 0.0294. The zero-order valence-electron chi connectivity index (χ0n) is 13.1. The molecule has 0 spiro atoms. The van der Waals surface area contributed by atoms with Gasteiger partial charge in [-0.3, -0.25) is 4.79 Å². The van der Waals surface area contributed by atoms with Gasteiger partial charge in [-0.05, 0) is 12.8 Å². The van der Waals surface area contributed by atoms with Crippen molar-refractivity contribution in [2.45, 2.75) is 44.8 Å². The highest BCUT2D eigenvalue weighted by atomic mass is 32.2. The van der Waals surface area contributed by atoms with Gasteiger partial charge in [0.05, 0.1) is 5.92 Å². The molecule has 8 heteroatoms. The van der Waals surface area contributed by atoms with Crippen LogP contribution in [0.25, 0.3) is 0 Å². The van der Waals surface area contributed by atoms with Crippen LogP contribution in [0.5, 0.6) is 0 Å². The summed E-state index contributed by atoms with van der Waals surface area (Å²) in [5.74, 6) is -1.22. The third-order valence-electron chi connectivity index (χ3n) is 3.76. The van der Waals surface area contributed by atoms with Gasteiger partial charge in [0.25, 0.3) is 0 Å². The Kier molecular flexibility index (Phi) is 4.62. The molecule has 22 heavy (non-hydrogen) atoms. The van der Waals surface area contributed by atoms with Crippen LogP contribution >= 0.6 is 0 Å². The fourth-order valence-corrected chi connectivity index (χ4v) is 3.91. The van der Waals surface area contributed by atoms with Gasteiger partial charge in [0.15, 0.2) is 0 Å². The van der Waals surface area contributed by atoms with Crippen LogP contribution < -0.4 is 0 Å². The first-order valence-electron chi connectivity index (χ1n) is 7.26. The van der Waals surface area contributed by atoms with E-state index in [4.69, 9.17) is 9.63 Å². The zero-order chi connectivity index (χ0) is 16.5. The van der Waals surface area contributed by atoms with Gasteiger partial charge in [0.2, 0.25) is 10.0 Å². The first-order chi connectivity index (χ1) is 10.1. The topological polar surface area (TPSA) is 101 Å². The molecule has 0 bridgehead atoms. The van der Waals surface area contributed by atoms with Crippen molar-refractivity contribution in [3.63, 3.8) is 0 Å². The standard InChI is InChI=1S/C14H22N2O5S/c1-14(2,3)12-7-11(15-21-12)9-22(19,20)16-6-4-5-10(8-16)13(17)18/h7,10H,4-6,8-9H2,1-3H3,(H,17,18). The number of hydrogen-bond acceptors (Lipinski definition) is 5. The molecule has 0 aromatic carbocycles. The highest BCUT2D eigenvalue weighted by molar-refractivity contribution is 7.88. The number of sulfonamides is 1. The molecule has 7 nitrogen and oxygen atoms in total. The van der Waals surface area contributed by atoms with Gasteiger partial charge in [-0.1, -0.05) is 25.9 Å². The molecule has 1 atom stereocenters. The molecule has 1 aliphatic heterocycles. The van der Waals surface area contributed by atoms with Gasteiger partial charge in [-0.25, -0.2) is 12.7 Å². The molecule has 124 valence electrons. The van der Waals surface area contributed by atoms with Gasteiger partial charge in [0, 0.05) is 24.6 Å². The van der Waals surface area contributed by atoms with Crippen molar-refractivity contribution in [3.05, 3.63) is 17.5 Å². The monoisotopic (exact) mass is 330 g/mol. The molecule has 2 rings (SSSR count). The Balaban J connectivity index is 2.11. The van der Waals surface area contributed by atoms with Crippen molar-refractivity contribution in [1.29, 1.82) is 0 Å². The van der Waals surface area contributed by atoms with Crippen LogP contribution in [0, 0.1) is 5.92 Å². The molecular formula is C14H22N2O5S. The molecule has 0 saturated carbocycles. The summed E-state index contributed by atoms with van der Waals surface area (Å²) in [7, 11) is -3.59. The number of piperidine rings is 1. The SMILES string of the molecule is CC(C)(C)c1cc(CS(=O)(=O)N2CCCC(C(=O)O)C2)no1. The van der Waals surface area contributed by atoms with Crippen LogP contribution in [0.15, 0.2) is 10.6 Å². The smallest absolute Gasteiger partial charge is 0.307 e. The molecule has 1 fully saturated rings. The van der Waals surface area contributed by atoms with E-state index in [2.05, 4.69) is 5.16 Å². The van der Waals surface area contributed by atoms with Crippen LogP contribution in [0.3, 0.4) is 0 Å². The number of rotatable bonds is 4. The summed E-state index contributed by atoms with van der Waals surface area (Å²) in [4.78, 5) is 11.1. The minimum atomic E-state index is -3.59. The second-order valence-electron chi connectivity index (χ2n) is 6.72. The minimum Gasteiger partial charge on any atom is -0.481 e. The van der Waals surface area contributed by atoms with E-state index in [1.807, 2.05) is 20.8 Å². The molecule has 1 aromatic heterocycles. The lowest BCUT2D eigenvalue weighted by atomic mass is 9.93. The number of nitrogens with zero attached hydrogens (tertiary/aromatic N) is 2. The van der Waals surface area contributed by atoms with Gasteiger partial charge in [0.1, 0.15) is 17.2 Å².